The molecule has 1 aromatic rings. The molecule has 2 heterocycles. The maximum Gasteiger partial charge on any atom is 0.350 e. The molecule has 4 rings (SSSR count). The number of carbonyl (C=O) groups is 3. The molecular weight excluding hydrogens is 500 g/mol. The first-order chi connectivity index (χ1) is 18.2. The lowest BCUT2D eigenvalue weighted by Gasteiger charge is -2.33. The topological polar surface area (TPSA) is 76.2 Å². The number of anilines is 1. The molecule has 3 aliphatic rings. The van der Waals surface area contributed by atoms with Gasteiger partial charge in [0.25, 0.3) is 0 Å². The molecule has 0 N–H and O–H groups in total. The Morgan fingerprint density at radius 2 is 1.79 bits per heavy atom. The first kappa shape index (κ1) is 29.9. The highest BCUT2D eigenvalue weighted by Crippen LogP contribution is 2.38. The van der Waals surface area contributed by atoms with E-state index < -0.39 is 5.97 Å². The summed E-state index contributed by atoms with van der Waals surface area (Å²) in [5.41, 5.74) is 1.30. The van der Waals surface area contributed by atoms with Gasteiger partial charge in [0.1, 0.15) is 11.4 Å². The molecule has 0 bridgehead atoms. The van der Waals surface area contributed by atoms with Crippen LogP contribution in [0.15, 0.2) is 17.7 Å². The highest BCUT2D eigenvalue weighted by molar-refractivity contribution is 7.15. The van der Waals surface area contributed by atoms with E-state index in [-0.39, 0.29) is 29.7 Å². The lowest BCUT2D eigenvalue weighted by atomic mass is 9.82. The molecule has 1 aliphatic heterocycles. The van der Waals surface area contributed by atoms with E-state index in [1.54, 1.807) is 11.0 Å². The number of ether oxygens (including phenoxy) is 2. The van der Waals surface area contributed by atoms with Crippen molar-refractivity contribution in [1.29, 1.82) is 0 Å². The van der Waals surface area contributed by atoms with Gasteiger partial charge in [-0.15, -0.1) is 11.3 Å². The van der Waals surface area contributed by atoms with E-state index in [1.807, 2.05) is 40.2 Å². The van der Waals surface area contributed by atoms with Crippen LogP contribution >= 0.6 is 11.3 Å². The van der Waals surface area contributed by atoms with Gasteiger partial charge in [0.15, 0.2) is 0 Å². The zero-order valence-electron chi connectivity index (χ0n) is 23.6. The van der Waals surface area contributed by atoms with Crippen LogP contribution in [0.1, 0.15) is 74.9 Å². The Morgan fingerprint density at radius 3 is 2.37 bits per heavy atom. The average Bonchev–Trinajstić information content (AvgIpc) is 3.73. The largest absolute Gasteiger partial charge is 0.465 e. The first-order valence-corrected chi connectivity index (χ1v) is 14.5. The fraction of sp³-hybridized carbons (Fsp3) is 0.600. The normalized spacial score (nSPS) is 20.7. The molecule has 8 heteroatoms. The summed E-state index contributed by atoms with van der Waals surface area (Å²) >= 11 is 1.20. The highest BCUT2D eigenvalue weighted by atomic mass is 32.1. The molecule has 0 atom stereocenters. The van der Waals surface area contributed by atoms with Crippen LogP contribution in [0, 0.1) is 35.5 Å². The van der Waals surface area contributed by atoms with E-state index in [2.05, 4.69) is 18.8 Å². The summed E-state index contributed by atoms with van der Waals surface area (Å²) in [6, 6.07) is 1.76. The van der Waals surface area contributed by atoms with Gasteiger partial charge in [0.05, 0.1) is 30.9 Å². The van der Waals surface area contributed by atoms with Gasteiger partial charge in [-0.2, -0.15) is 0 Å². The van der Waals surface area contributed by atoms with E-state index in [0.29, 0.717) is 47.7 Å². The van der Waals surface area contributed by atoms with Crippen molar-refractivity contribution in [3.63, 3.8) is 0 Å². The average molecular weight is 542 g/mol. The van der Waals surface area contributed by atoms with Crippen LogP contribution < -0.4 is 4.90 Å². The summed E-state index contributed by atoms with van der Waals surface area (Å²) in [7, 11) is 1.32. The molecular formula is C30H41N2O5S. The van der Waals surface area contributed by atoms with Gasteiger partial charge in [-0.3, -0.25) is 9.59 Å². The second-order valence-electron chi connectivity index (χ2n) is 10.4. The Bertz CT molecular complexity index is 1100. The van der Waals surface area contributed by atoms with Gasteiger partial charge >= 0.3 is 5.97 Å². The van der Waals surface area contributed by atoms with Crippen LogP contribution in [-0.4, -0.2) is 62.6 Å². The summed E-state index contributed by atoms with van der Waals surface area (Å²) in [6.45, 7) is 12.1. The van der Waals surface area contributed by atoms with Crippen molar-refractivity contribution >= 4 is 34.8 Å². The molecule has 7 nitrogen and oxygen atoms in total. The summed E-state index contributed by atoms with van der Waals surface area (Å²) in [5.74, 6) is 6.10. The smallest absolute Gasteiger partial charge is 0.350 e. The number of methoxy groups -OCH3 is 1. The quantitative estimate of drug-likeness (QED) is 0.370. The third-order valence-corrected chi connectivity index (χ3v) is 8.24. The van der Waals surface area contributed by atoms with Crippen molar-refractivity contribution in [3.8, 4) is 11.8 Å². The first-order valence-electron chi connectivity index (χ1n) is 13.7. The summed E-state index contributed by atoms with van der Waals surface area (Å²) in [4.78, 5) is 44.1. The molecule has 1 saturated heterocycles. The Kier molecular flexibility index (Phi) is 10.6. The van der Waals surface area contributed by atoms with Crippen molar-refractivity contribution in [3.05, 3.63) is 33.9 Å². The molecule has 1 radical (unpaired) electrons. The van der Waals surface area contributed by atoms with Gasteiger partial charge in [-0.1, -0.05) is 38.7 Å². The number of thiophene rings is 1. The maximum atomic E-state index is 13.8. The Morgan fingerprint density at radius 1 is 1.16 bits per heavy atom. The Labute approximate surface area is 231 Å². The number of nitrogens with zero attached hydrogens (tertiary/aromatic N) is 2. The van der Waals surface area contributed by atoms with E-state index in [1.165, 1.54) is 28.9 Å². The summed E-state index contributed by atoms with van der Waals surface area (Å²) in [5, 5.41) is 0. The fourth-order valence-electron chi connectivity index (χ4n) is 4.69. The van der Waals surface area contributed by atoms with Gasteiger partial charge in [0, 0.05) is 30.8 Å². The number of hydrogen-bond donors (Lipinski definition) is 0. The molecule has 2 amide bonds. The lowest BCUT2D eigenvalue weighted by Crippen LogP contribution is -2.49. The van der Waals surface area contributed by atoms with Crippen LogP contribution in [0.3, 0.4) is 0 Å². The van der Waals surface area contributed by atoms with E-state index in [9.17, 15) is 14.4 Å². The fourth-order valence-corrected chi connectivity index (χ4v) is 5.62. The molecule has 2 aliphatic carbocycles. The van der Waals surface area contributed by atoms with Crippen molar-refractivity contribution in [2.75, 3.05) is 44.9 Å². The number of hydrogen-bond acceptors (Lipinski definition) is 6. The monoisotopic (exact) mass is 541 g/mol. The van der Waals surface area contributed by atoms with E-state index in [4.69, 9.17) is 9.47 Å². The maximum absolute atomic E-state index is 13.8. The predicted molar refractivity (Wildman–Crippen MR) is 151 cm³/mol. The minimum atomic E-state index is -0.533. The van der Waals surface area contributed by atoms with Crippen LogP contribution in [0.25, 0.3) is 0 Å². The second kappa shape index (κ2) is 13.4. The van der Waals surface area contributed by atoms with Gasteiger partial charge in [0.2, 0.25) is 11.8 Å². The van der Waals surface area contributed by atoms with Crippen molar-refractivity contribution < 1.29 is 23.9 Å². The summed E-state index contributed by atoms with van der Waals surface area (Å²) < 4.78 is 10.4. The SMILES string of the molecule is CC.COC(=O)c1sc(C#CC(C)(C)C2=C[CH]2)cc1N(CC(=O)N1CCOCC1)C(=O)C1CCC(C)CC1. The Balaban J connectivity index is 0.00000195. The Hall–Kier alpha value is -2.63. The predicted octanol–water partition coefficient (Wildman–Crippen LogP) is 5.10. The van der Waals surface area contributed by atoms with Crippen LogP contribution in [-0.2, 0) is 19.1 Å². The number of amides is 2. The molecule has 1 saturated carbocycles. The summed E-state index contributed by atoms with van der Waals surface area (Å²) in [6.07, 6.45) is 7.61. The minimum Gasteiger partial charge on any atom is -0.465 e. The minimum absolute atomic E-state index is 0.107. The number of allylic oxidation sites excluding steroid dienone is 2. The molecule has 0 aromatic carbocycles. The van der Waals surface area contributed by atoms with E-state index >= 15 is 0 Å². The molecule has 207 valence electrons. The lowest BCUT2D eigenvalue weighted by molar-refractivity contribution is -0.135. The van der Waals surface area contributed by atoms with Gasteiger partial charge in [-0.25, -0.2) is 4.79 Å². The number of carbonyl (C=O) groups excluding carboxylic acids is 3. The van der Waals surface area contributed by atoms with Crippen LogP contribution in [0.4, 0.5) is 5.69 Å². The highest BCUT2D eigenvalue weighted by Gasteiger charge is 2.34. The zero-order chi connectivity index (χ0) is 27.9. The molecule has 0 spiro atoms. The van der Waals surface area contributed by atoms with Gasteiger partial charge in [-0.05, 0) is 57.1 Å². The number of morpholine rings is 1. The van der Waals surface area contributed by atoms with Crippen LogP contribution in [0.5, 0.6) is 0 Å². The molecule has 1 aromatic heterocycles. The second-order valence-corrected chi connectivity index (χ2v) is 11.4. The zero-order valence-corrected chi connectivity index (χ0v) is 24.4. The third-order valence-electron chi connectivity index (χ3n) is 7.22. The number of rotatable bonds is 6. The van der Waals surface area contributed by atoms with Crippen molar-refractivity contribution in [2.45, 2.75) is 60.3 Å². The molecule has 0 unspecified atom stereocenters. The molecule has 2 fully saturated rings. The van der Waals surface area contributed by atoms with Gasteiger partial charge < -0.3 is 19.3 Å². The van der Waals surface area contributed by atoms with E-state index in [0.717, 1.165) is 25.7 Å². The standard InChI is InChI=1S/C28H35N2O5S.C2H6/c1-19-5-7-20(8-6-19)26(32)30(18-24(31)29-13-15-35-16-14-29)23-17-22(36-25(23)27(33)34-4)11-12-28(2,3)21-9-10-21;1-2/h9-10,17,19-20H,5-8,13-16,18H2,1-4H3;1-2H3. The molecule has 38 heavy (non-hydrogen) atoms. The third kappa shape index (κ3) is 7.48. The van der Waals surface area contributed by atoms with Crippen molar-refractivity contribution in [2.24, 2.45) is 17.3 Å². The number of esters is 1. The van der Waals surface area contributed by atoms with Crippen LogP contribution in [0.2, 0.25) is 0 Å². The van der Waals surface area contributed by atoms with Crippen molar-refractivity contribution in [1.82, 2.24) is 4.90 Å².